The highest BCUT2D eigenvalue weighted by atomic mass is 35.5. The predicted octanol–water partition coefficient (Wildman–Crippen LogP) is 4.23. The first-order chi connectivity index (χ1) is 10.2. The highest BCUT2D eigenvalue weighted by molar-refractivity contribution is 6.30. The van der Waals surface area contributed by atoms with Crippen LogP contribution in [0.5, 0.6) is 0 Å². The molecule has 1 fully saturated rings. The molecule has 0 spiro atoms. The summed E-state index contributed by atoms with van der Waals surface area (Å²) in [5.74, 6) is -0.368. The first-order valence-electron chi connectivity index (χ1n) is 7.46. The van der Waals surface area contributed by atoms with Crippen LogP contribution in [-0.4, -0.2) is 34.7 Å². The van der Waals surface area contributed by atoms with Crippen molar-refractivity contribution in [1.29, 1.82) is 0 Å². The van der Waals surface area contributed by atoms with E-state index < -0.39 is 11.5 Å². The third-order valence-electron chi connectivity index (χ3n) is 3.79. The van der Waals surface area contributed by atoms with Crippen LogP contribution >= 0.6 is 11.6 Å². The van der Waals surface area contributed by atoms with E-state index in [1.54, 1.807) is 11.0 Å². The zero-order valence-corrected chi connectivity index (χ0v) is 14.2. The van der Waals surface area contributed by atoms with Crippen LogP contribution in [0.25, 0.3) is 0 Å². The first kappa shape index (κ1) is 17.0. The molecule has 1 aliphatic heterocycles. The average molecular weight is 329 g/mol. The molecular weight excluding hydrogens is 307 g/mol. The van der Waals surface area contributed by atoms with Crippen LogP contribution in [0.2, 0.25) is 5.02 Å². The minimum Gasteiger partial charge on any atom is -0.444 e. The maximum atomic E-state index is 13.9. The van der Waals surface area contributed by atoms with Gasteiger partial charge >= 0.3 is 6.09 Å². The van der Waals surface area contributed by atoms with Gasteiger partial charge < -0.3 is 9.64 Å². The average Bonchev–Trinajstić information content (AvgIpc) is 2.40. The zero-order valence-electron chi connectivity index (χ0n) is 13.4. The number of hydrogen-bond donors (Lipinski definition) is 0. The smallest absolute Gasteiger partial charge is 0.410 e. The maximum Gasteiger partial charge on any atom is 0.410 e. The van der Waals surface area contributed by atoms with Gasteiger partial charge in [0.05, 0.1) is 5.02 Å². The van der Waals surface area contributed by atoms with Gasteiger partial charge in [0.2, 0.25) is 5.95 Å². The lowest BCUT2D eigenvalue weighted by atomic mass is 9.82. The van der Waals surface area contributed by atoms with Gasteiger partial charge in [-0.25, -0.2) is 9.78 Å². The lowest BCUT2D eigenvalue weighted by molar-refractivity contribution is 0.0154. The molecule has 2 atom stereocenters. The molecule has 0 aromatic carbocycles. The molecule has 0 aliphatic carbocycles. The third-order valence-corrected chi connectivity index (χ3v) is 4.00. The number of pyridine rings is 1. The third kappa shape index (κ3) is 4.09. The summed E-state index contributed by atoms with van der Waals surface area (Å²) < 4.78 is 19.3. The number of likely N-dealkylation sites (tertiary alicyclic amines) is 1. The number of amides is 1. The Bertz CT molecular complexity index is 560. The van der Waals surface area contributed by atoms with E-state index in [1.807, 2.05) is 27.7 Å². The monoisotopic (exact) mass is 328 g/mol. The van der Waals surface area contributed by atoms with Crippen LogP contribution in [0.3, 0.4) is 0 Å². The Morgan fingerprint density at radius 3 is 2.77 bits per heavy atom. The fourth-order valence-corrected chi connectivity index (χ4v) is 2.96. The second kappa shape index (κ2) is 6.41. The number of ether oxygens (including phenoxy) is 1. The van der Waals surface area contributed by atoms with E-state index in [0.717, 1.165) is 0 Å². The lowest BCUT2D eigenvalue weighted by Gasteiger charge is -2.37. The van der Waals surface area contributed by atoms with Gasteiger partial charge in [-0.2, -0.15) is 4.39 Å². The van der Waals surface area contributed by atoms with Crippen LogP contribution < -0.4 is 0 Å². The van der Waals surface area contributed by atoms with Crippen LogP contribution in [0.4, 0.5) is 9.18 Å². The van der Waals surface area contributed by atoms with Crippen LogP contribution in [0.1, 0.15) is 45.6 Å². The molecule has 1 aromatic heterocycles. The summed E-state index contributed by atoms with van der Waals surface area (Å²) in [6.45, 7) is 8.60. The van der Waals surface area contributed by atoms with E-state index in [9.17, 15) is 9.18 Å². The van der Waals surface area contributed by atoms with Gasteiger partial charge in [0.1, 0.15) is 5.60 Å². The van der Waals surface area contributed by atoms with E-state index in [1.165, 1.54) is 6.20 Å². The van der Waals surface area contributed by atoms with Gasteiger partial charge in [-0.05, 0) is 45.1 Å². The number of aromatic nitrogens is 1. The van der Waals surface area contributed by atoms with Crippen LogP contribution in [-0.2, 0) is 4.74 Å². The Morgan fingerprint density at radius 1 is 1.50 bits per heavy atom. The van der Waals surface area contributed by atoms with Gasteiger partial charge in [0.15, 0.2) is 0 Å². The molecule has 0 bridgehead atoms. The van der Waals surface area contributed by atoms with E-state index in [0.29, 0.717) is 30.1 Å². The van der Waals surface area contributed by atoms with Gasteiger partial charge in [0, 0.05) is 24.8 Å². The summed E-state index contributed by atoms with van der Waals surface area (Å²) in [5, 5.41) is 0.429. The van der Waals surface area contributed by atoms with Crippen molar-refractivity contribution in [3.8, 4) is 0 Å². The molecule has 1 saturated heterocycles. The molecule has 0 saturated carbocycles. The molecule has 0 N–H and O–H groups in total. The first-order valence-corrected chi connectivity index (χ1v) is 7.84. The predicted molar refractivity (Wildman–Crippen MR) is 83.5 cm³/mol. The molecule has 22 heavy (non-hydrogen) atoms. The van der Waals surface area contributed by atoms with Crippen molar-refractivity contribution in [2.75, 3.05) is 13.1 Å². The molecule has 6 heteroatoms. The highest BCUT2D eigenvalue weighted by Crippen LogP contribution is 2.35. The largest absolute Gasteiger partial charge is 0.444 e. The van der Waals surface area contributed by atoms with Crippen LogP contribution in [0, 0.1) is 11.9 Å². The molecule has 2 heterocycles. The molecule has 122 valence electrons. The number of carbonyl (C=O) groups is 1. The van der Waals surface area contributed by atoms with Gasteiger partial charge in [-0.15, -0.1) is 0 Å². The fraction of sp³-hybridized carbons (Fsp3) is 0.625. The Balaban J connectivity index is 2.07. The van der Waals surface area contributed by atoms with Gasteiger partial charge in [-0.3, -0.25) is 0 Å². The molecule has 4 nitrogen and oxygen atoms in total. The van der Waals surface area contributed by atoms with Crippen molar-refractivity contribution in [3.63, 3.8) is 0 Å². The second-order valence-electron chi connectivity index (χ2n) is 6.83. The number of nitrogens with zero attached hydrogens (tertiary/aromatic N) is 2. The van der Waals surface area contributed by atoms with Crippen molar-refractivity contribution in [1.82, 2.24) is 9.88 Å². The second-order valence-corrected chi connectivity index (χ2v) is 7.27. The Hall–Kier alpha value is -1.36. The molecular formula is C16H22ClFN2O2. The summed E-state index contributed by atoms with van der Waals surface area (Å²) in [7, 11) is 0. The minimum absolute atomic E-state index is 0.00452. The van der Waals surface area contributed by atoms with E-state index in [-0.39, 0.29) is 17.9 Å². The summed E-state index contributed by atoms with van der Waals surface area (Å²) in [4.78, 5) is 17.5. The topological polar surface area (TPSA) is 42.4 Å². The number of carbonyl (C=O) groups excluding carboxylic acids is 1. The quantitative estimate of drug-likeness (QED) is 0.724. The molecule has 1 aliphatic rings. The van der Waals surface area contributed by atoms with E-state index >= 15 is 0 Å². The number of halogens is 2. The maximum absolute atomic E-state index is 13.9. The number of piperidine rings is 1. The number of rotatable bonds is 1. The Morgan fingerprint density at radius 2 is 2.18 bits per heavy atom. The van der Waals surface area contributed by atoms with Crippen molar-refractivity contribution in [2.24, 2.45) is 5.92 Å². The van der Waals surface area contributed by atoms with E-state index in [4.69, 9.17) is 16.3 Å². The molecule has 1 unspecified atom stereocenters. The van der Waals surface area contributed by atoms with Crippen molar-refractivity contribution in [2.45, 2.75) is 45.6 Å². The standard InChI is InChI=1S/C16H22ClFN2O2/c1-10-9-20(15(21)22-16(2,3)4)6-5-12(10)13-7-11(17)8-19-14(13)18/h7-8,10,12H,5-6,9H2,1-4H3/t10-,12?/m0/s1. The molecule has 2 rings (SSSR count). The molecule has 1 aromatic rings. The zero-order chi connectivity index (χ0) is 16.5. The van der Waals surface area contributed by atoms with Crippen molar-refractivity contribution < 1.29 is 13.9 Å². The SMILES string of the molecule is C[C@H]1CN(C(=O)OC(C)(C)C)CCC1c1cc(Cl)cnc1F. The lowest BCUT2D eigenvalue weighted by Crippen LogP contribution is -2.44. The summed E-state index contributed by atoms with van der Waals surface area (Å²) in [6.07, 6.45) is 1.66. The van der Waals surface area contributed by atoms with Crippen molar-refractivity contribution >= 4 is 17.7 Å². The van der Waals surface area contributed by atoms with Crippen molar-refractivity contribution in [3.05, 3.63) is 28.8 Å². The fourth-order valence-electron chi connectivity index (χ4n) is 2.80. The molecule has 0 radical (unpaired) electrons. The van der Waals surface area contributed by atoms with Gasteiger partial charge in [0.25, 0.3) is 0 Å². The summed E-state index contributed by atoms with van der Waals surface area (Å²) in [5.41, 5.74) is 0.0176. The minimum atomic E-state index is -0.514. The summed E-state index contributed by atoms with van der Waals surface area (Å²) >= 11 is 5.92. The summed E-state index contributed by atoms with van der Waals surface area (Å²) in [6, 6.07) is 1.63. The van der Waals surface area contributed by atoms with Crippen LogP contribution in [0.15, 0.2) is 12.3 Å². The Kier molecular flexibility index (Phi) is 4.95. The van der Waals surface area contributed by atoms with E-state index in [2.05, 4.69) is 4.98 Å². The normalized spacial score (nSPS) is 22.5. The highest BCUT2D eigenvalue weighted by Gasteiger charge is 2.33. The van der Waals surface area contributed by atoms with Gasteiger partial charge in [-0.1, -0.05) is 18.5 Å². The molecule has 1 amide bonds. The number of hydrogen-bond acceptors (Lipinski definition) is 3. The Labute approximate surface area is 135 Å².